The van der Waals surface area contributed by atoms with Crippen LogP contribution in [0.4, 0.5) is 0 Å². The van der Waals surface area contributed by atoms with Gasteiger partial charge in [0.25, 0.3) is 0 Å². The first-order valence-corrected chi connectivity index (χ1v) is 10.9. The highest BCUT2D eigenvalue weighted by atomic mass is 16.7. The third-order valence-electron chi connectivity index (χ3n) is 6.51. The molecule has 1 saturated heterocycles. The zero-order chi connectivity index (χ0) is 21.2. The van der Waals surface area contributed by atoms with E-state index in [9.17, 15) is 5.11 Å². The van der Waals surface area contributed by atoms with Gasteiger partial charge in [-0.1, -0.05) is 6.07 Å². The molecule has 0 aromatic heterocycles. The van der Waals surface area contributed by atoms with Crippen LogP contribution in [-0.4, -0.2) is 62.4 Å². The smallest absolute Gasteiger partial charge is 0.231 e. The van der Waals surface area contributed by atoms with Crippen LogP contribution in [0.5, 0.6) is 28.7 Å². The number of hydrogen-bond donors (Lipinski definition) is 1. The first-order chi connectivity index (χ1) is 15.2. The van der Waals surface area contributed by atoms with Crippen molar-refractivity contribution in [3.63, 3.8) is 0 Å². The van der Waals surface area contributed by atoms with Gasteiger partial charge in [-0.25, -0.2) is 0 Å². The van der Waals surface area contributed by atoms with E-state index in [1.54, 1.807) is 7.11 Å². The minimum Gasteiger partial charge on any atom is -0.497 e. The van der Waals surface area contributed by atoms with Gasteiger partial charge < -0.3 is 28.8 Å². The summed E-state index contributed by atoms with van der Waals surface area (Å²) in [7, 11) is 1.66. The average molecular weight is 427 g/mol. The summed E-state index contributed by atoms with van der Waals surface area (Å²) in [6, 6.07) is 13.3. The van der Waals surface area contributed by atoms with Crippen LogP contribution >= 0.6 is 0 Å². The molecule has 2 aromatic rings. The zero-order valence-electron chi connectivity index (χ0n) is 17.7. The molecule has 4 atom stereocenters. The second kappa shape index (κ2) is 8.85. The maximum atomic E-state index is 10.7. The number of fused-ring (bicyclic) bond motifs is 2. The summed E-state index contributed by atoms with van der Waals surface area (Å²) in [6.45, 7) is 3.76. The van der Waals surface area contributed by atoms with Crippen LogP contribution < -0.4 is 23.7 Å². The molecule has 2 aromatic carbocycles. The SMILES string of the molecule is COc1cccc(OCCN2C[C@H]3C[C@@H](Oc4ccc5c(c4)OCO5)[C@H](O)C[C@H]3C2)c1. The molecule has 0 unspecified atom stereocenters. The number of aliphatic hydroxyl groups excluding tert-OH is 1. The maximum Gasteiger partial charge on any atom is 0.231 e. The number of likely N-dealkylation sites (tertiary alicyclic amines) is 1. The summed E-state index contributed by atoms with van der Waals surface area (Å²) in [5.41, 5.74) is 0. The Labute approximate surface area is 182 Å². The van der Waals surface area contributed by atoms with Gasteiger partial charge in [-0.15, -0.1) is 0 Å². The Hall–Kier alpha value is -2.64. The van der Waals surface area contributed by atoms with Gasteiger partial charge in [0, 0.05) is 31.8 Å². The predicted molar refractivity (Wildman–Crippen MR) is 114 cm³/mol. The molecule has 3 aliphatic rings. The third kappa shape index (κ3) is 4.52. The maximum absolute atomic E-state index is 10.7. The van der Waals surface area contributed by atoms with Crippen molar-refractivity contribution in [3.8, 4) is 28.7 Å². The van der Waals surface area contributed by atoms with E-state index in [2.05, 4.69) is 4.90 Å². The quantitative estimate of drug-likeness (QED) is 0.729. The molecule has 1 aliphatic carbocycles. The molecule has 0 radical (unpaired) electrons. The number of aliphatic hydroxyl groups is 1. The van der Waals surface area contributed by atoms with Crippen LogP contribution in [0.2, 0.25) is 0 Å². The van der Waals surface area contributed by atoms with Crippen molar-refractivity contribution in [1.29, 1.82) is 0 Å². The van der Waals surface area contributed by atoms with Crippen LogP contribution in [-0.2, 0) is 0 Å². The standard InChI is InChI=1S/C24H29NO6/c1-27-18-3-2-4-19(11-18)28-8-7-25-13-16-9-21(26)23(10-17(16)14-25)31-20-5-6-22-24(12-20)30-15-29-22/h2-6,11-12,16-17,21,23,26H,7-10,13-15H2,1H3/t16-,17+,21+,23+/m0/s1. The number of methoxy groups -OCH3 is 1. The number of hydrogen-bond acceptors (Lipinski definition) is 7. The topological polar surface area (TPSA) is 69.6 Å². The van der Waals surface area contributed by atoms with Gasteiger partial charge in [0.1, 0.15) is 30.0 Å². The van der Waals surface area contributed by atoms with Gasteiger partial charge in [0.05, 0.1) is 13.2 Å². The molecular formula is C24H29NO6. The molecule has 5 rings (SSSR count). The summed E-state index contributed by atoms with van der Waals surface area (Å²) >= 11 is 0. The highest BCUT2D eigenvalue weighted by Crippen LogP contribution is 2.40. The number of ether oxygens (including phenoxy) is 5. The Bertz CT molecular complexity index is 905. The highest BCUT2D eigenvalue weighted by molar-refractivity contribution is 5.47. The molecule has 166 valence electrons. The van der Waals surface area contributed by atoms with Gasteiger partial charge >= 0.3 is 0 Å². The molecule has 1 saturated carbocycles. The van der Waals surface area contributed by atoms with Crippen molar-refractivity contribution in [2.24, 2.45) is 11.8 Å². The van der Waals surface area contributed by atoms with Gasteiger partial charge in [-0.2, -0.15) is 0 Å². The average Bonchev–Trinajstić information content (AvgIpc) is 3.40. The molecule has 2 fully saturated rings. The Kier molecular flexibility index (Phi) is 5.78. The zero-order valence-corrected chi connectivity index (χ0v) is 17.7. The molecule has 0 bridgehead atoms. The van der Waals surface area contributed by atoms with Gasteiger partial charge in [-0.05, 0) is 48.9 Å². The molecule has 2 heterocycles. The van der Waals surface area contributed by atoms with Gasteiger partial charge in [-0.3, -0.25) is 4.90 Å². The molecule has 0 amide bonds. The number of benzene rings is 2. The van der Waals surface area contributed by atoms with Crippen LogP contribution in [0.15, 0.2) is 42.5 Å². The first kappa shape index (κ1) is 20.3. The van der Waals surface area contributed by atoms with Crippen molar-refractivity contribution in [2.45, 2.75) is 25.0 Å². The lowest BCUT2D eigenvalue weighted by atomic mass is 9.78. The molecule has 7 heteroatoms. The van der Waals surface area contributed by atoms with Crippen LogP contribution in [0, 0.1) is 11.8 Å². The Morgan fingerprint density at radius 2 is 1.77 bits per heavy atom. The number of nitrogens with zero attached hydrogens (tertiary/aromatic N) is 1. The van der Waals surface area contributed by atoms with E-state index in [4.69, 9.17) is 23.7 Å². The van der Waals surface area contributed by atoms with E-state index in [0.29, 0.717) is 29.9 Å². The van der Waals surface area contributed by atoms with Crippen molar-refractivity contribution < 1.29 is 28.8 Å². The second-order valence-electron chi connectivity index (χ2n) is 8.52. The lowest BCUT2D eigenvalue weighted by Crippen LogP contribution is -2.42. The monoisotopic (exact) mass is 427 g/mol. The first-order valence-electron chi connectivity index (χ1n) is 10.9. The van der Waals surface area contributed by atoms with E-state index in [1.807, 2.05) is 42.5 Å². The molecule has 31 heavy (non-hydrogen) atoms. The van der Waals surface area contributed by atoms with Crippen LogP contribution in [0.3, 0.4) is 0 Å². The van der Waals surface area contributed by atoms with E-state index >= 15 is 0 Å². The second-order valence-corrected chi connectivity index (χ2v) is 8.52. The van der Waals surface area contributed by atoms with E-state index < -0.39 is 6.10 Å². The highest BCUT2D eigenvalue weighted by Gasteiger charge is 2.42. The summed E-state index contributed by atoms with van der Waals surface area (Å²) < 4.78 is 28.1. The molecule has 7 nitrogen and oxygen atoms in total. The minimum atomic E-state index is -0.459. The van der Waals surface area contributed by atoms with Gasteiger partial charge in [0.2, 0.25) is 6.79 Å². The normalized spacial score (nSPS) is 27.0. The molecule has 0 spiro atoms. The fourth-order valence-electron chi connectivity index (χ4n) is 4.91. The van der Waals surface area contributed by atoms with Crippen LogP contribution in [0.1, 0.15) is 12.8 Å². The Morgan fingerprint density at radius 3 is 2.65 bits per heavy atom. The van der Waals surface area contributed by atoms with Gasteiger partial charge in [0.15, 0.2) is 11.5 Å². The molecule has 1 N–H and O–H groups in total. The van der Waals surface area contributed by atoms with Crippen molar-refractivity contribution in [2.75, 3.05) is 40.1 Å². The summed E-state index contributed by atoms with van der Waals surface area (Å²) in [5.74, 6) is 4.80. The van der Waals surface area contributed by atoms with Crippen molar-refractivity contribution in [1.82, 2.24) is 4.90 Å². The Balaban J connectivity index is 1.12. The van der Waals surface area contributed by atoms with Crippen molar-refractivity contribution >= 4 is 0 Å². The fraction of sp³-hybridized carbons (Fsp3) is 0.500. The number of rotatable bonds is 7. The van der Waals surface area contributed by atoms with Crippen LogP contribution in [0.25, 0.3) is 0 Å². The lowest BCUT2D eigenvalue weighted by Gasteiger charge is -2.35. The Morgan fingerprint density at radius 1 is 0.968 bits per heavy atom. The summed E-state index contributed by atoms with van der Waals surface area (Å²) in [5, 5.41) is 10.7. The van der Waals surface area contributed by atoms with E-state index in [1.165, 1.54) is 0 Å². The van der Waals surface area contributed by atoms with E-state index in [0.717, 1.165) is 49.7 Å². The van der Waals surface area contributed by atoms with Crippen molar-refractivity contribution in [3.05, 3.63) is 42.5 Å². The van der Waals surface area contributed by atoms with E-state index in [-0.39, 0.29) is 12.9 Å². The predicted octanol–water partition coefficient (Wildman–Crippen LogP) is 2.95. The lowest BCUT2D eigenvalue weighted by molar-refractivity contribution is -0.0232. The summed E-state index contributed by atoms with van der Waals surface area (Å²) in [6.07, 6.45) is 0.968. The fourth-order valence-corrected chi connectivity index (χ4v) is 4.91. The molecular weight excluding hydrogens is 398 g/mol. The molecule has 2 aliphatic heterocycles. The third-order valence-corrected chi connectivity index (χ3v) is 6.51. The minimum absolute atomic E-state index is 0.199. The largest absolute Gasteiger partial charge is 0.497 e. The summed E-state index contributed by atoms with van der Waals surface area (Å²) in [4.78, 5) is 2.44.